The van der Waals surface area contributed by atoms with Crippen molar-refractivity contribution in [3.8, 4) is 11.4 Å². The Bertz CT molecular complexity index is 1930. The van der Waals surface area contributed by atoms with Crippen molar-refractivity contribution in [2.75, 3.05) is 0 Å². The Morgan fingerprint density at radius 2 is 0.838 bits per heavy atom. The van der Waals surface area contributed by atoms with Gasteiger partial charge < -0.3 is 9.13 Å². The largest absolute Gasteiger partial charge is 0.308 e. The van der Waals surface area contributed by atoms with E-state index in [-0.39, 0.29) is 11.8 Å². The molecule has 0 saturated carbocycles. The highest BCUT2D eigenvalue weighted by Gasteiger charge is 2.37. The summed E-state index contributed by atoms with van der Waals surface area (Å²) in [6, 6.07) is 36.5. The number of nitrogens with zero attached hydrogens (tertiary/aromatic N) is 2. The quantitative estimate of drug-likeness (QED) is 0.280. The van der Waals surface area contributed by atoms with Gasteiger partial charge in [0.1, 0.15) is 0 Å². The molecule has 8 rings (SSSR count). The molecule has 1 N–H and O–H groups in total. The second-order valence-electron chi connectivity index (χ2n) is 9.36. The number of nitrogens with one attached hydrogen (secondary N) is 1. The zero-order valence-corrected chi connectivity index (χ0v) is 19.6. The molecule has 3 heterocycles. The summed E-state index contributed by atoms with van der Waals surface area (Å²) in [6.45, 7) is 0. The van der Waals surface area contributed by atoms with Crippen LogP contribution in [0.1, 0.15) is 20.7 Å². The minimum Gasteiger partial charge on any atom is -0.308 e. The molecule has 5 nitrogen and oxygen atoms in total. The normalized spacial score (nSPS) is 13.2. The molecule has 5 aromatic carbocycles. The second-order valence-corrected chi connectivity index (χ2v) is 9.36. The molecule has 0 saturated heterocycles. The zero-order valence-electron chi connectivity index (χ0n) is 19.6. The molecule has 0 bridgehead atoms. The van der Waals surface area contributed by atoms with Gasteiger partial charge in [-0.1, -0.05) is 72.8 Å². The van der Waals surface area contributed by atoms with Crippen LogP contribution < -0.4 is 5.32 Å². The van der Waals surface area contributed by atoms with Gasteiger partial charge in [-0.25, -0.2) is 0 Å². The zero-order chi connectivity index (χ0) is 24.7. The molecular formula is C32H19N3O2. The number of hydrogen-bond acceptors (Lipinski definition) is 2. The fraction of sp³-hybridized carbons (Fsp3) is 0. The van der Waals surface area contributed by atoms with Gasteiger partial charge in [0.2, 0.25) is 0 Å². The molecule has 1 aliphatic heterocycles. The first kappa shape index (κ1) is 20.1. The SMILES string of the molecule is O=C1NC(=O)c2c1c1c(c3ccccc3n1-c1ccccc1)c1c3ccccc3n(-c3ccccc3)c21. The molecule has 1 aliphatic rings. The van der Waals surface area contributed by atoms with E-state index in [0.29, 0.717) is 11.1 Å². The van der Waals surface area contributed by atoms with Crippen LogP contribution in [-0.2, 0) is 0 Å². The van der Waals surface area contributed by atoms with Crippen LogP contribution in [0.25, 0.3) is 55.0 Å². The van der Waals surface area contributed by atoms with Crippen molar-refractivity contribution in [2.45, 2.75) is 0 Å². The van der Waals surface area contributed by atoms with Crippen molar-refractivity contribution >= 4 is 55.4 Å². The third-order valence-electron chi connectivity index (χ3n) is 7.43. The van der Waals surface area contributed by atoms with E-state index in [1.165, 1.54) is 0 Å². The molecule has 0 aliphatic carbocycles. The van der Waals surface area contributed by atoms with Crippen LogP contribution in [-0.4, -0.2) is 20.9 Å². The lowest BCUT2D eigenvalue weighted by Crippen LogP contribution is -2.20. The highest BCUT2D eigenvalue weighted by molar-refractivity contribution is 6.40. The first-order valence-electron chi connectivity index (χ1n) is 12.2. The third kappa shape index (κ3) is 2.52. The van der Waals surface area contributed by atoms with E-state index in [0.717, 1.165) is 55.0 Å². The standard InChI is InChI=1S/C32H19N3O2/c36-31-27-28(32(37)33-31)30-26(22-16-8-10-18-24(22)35(30)20-13-5-2-6-14-20)25-21-15-7-9-17-23(21)34(29(25)27)19-11-3-1-4-12-19/h1-18H,(H,33,36,37). The maximum atomic E-state index is 13.5. The first-order valence-corrected chi connectivity index (χ1v) is 12.2. The number of aromatic nitrogens is 2. The molecule has 37 heavy (non-hydrogen) atoms. The van der Waals surface area contributed by atoms with E-state index < -0.39 is 0 Å². The lowest BCUT2D eigenvalue weighted by Gasteiger charge is -2.12. The van der Waals surface area contributed by atoms with E-state index >= 15 is 0 Å². The number of imide groups is 1. The highest BCUT2D eigenvalue weighted by atomic mass is 16.2. The average Bonchev–Trinajstić information content (AvgIpc) is 3.56. The number of benzene rings is 5. The van der Waals surface area contributed by atoms with Gasteiger partial charge in [0.05, 0.1) is 33.2 Å². The molecule has 5 heteroatoms. The molecule has 2 aromatic heterocycles. The number of hydrogen-bond donors (Lipinski definition) is 1. The van der Waals surface area contributed by atoms with Crippen molar-refractivity contribution in [3.63, 3.8) is 0 Å². The van der Waals surface area contributed by atoms with Crippen LogP contribution in [0.4, 0.5) is 0 Å². The van der Waals surface area contributed by atoms with Crippen LogP contribution >= 0.6 is 0 Å². The first-order chi connectivity index (χ1) is 18.2. The summed E-state index contributed by atoms with van der Waals surface area (Å²) >= 11 is 0. The van der Waals surface area contributed by atoms with Crippen LogP contribution in [0, 0.1) is 0 Å². The Kier molecular flexibility index (Phi) is 3.90. The Morgan fingerprint density at radius 1 is 0.459 bits per heavy atom. The Hall–Kier alpha value is -5.16. The van der Waals surface area contributed by atoms with Gasteiger partial charge >= 0.3 is 0 Å². The smallest absolute Gasteiger partial charge is 0.261 e. The lowest BCUT2D eigenvalue weighted by molar-refractivity contribution is 0.0880. The average molecular weight is 478 g/mol. The predicted octanol–water partition coefficient (Wildman–Crippen LogP) is 6.76. The number of fused-ring (bicyclic) bond motifs is 10. The number of amides is 2. The van der Waals surface area contributed by atoms with E-state index in [9.17, 15) is 9.59 Å². The Balaban J connectivity index is 1.75. The van der Waals surface area contributed by atoms with Gasteiger partial charge in [0.15, 0.2) is 0 Å². The summed E-state index contributed by atoms with van der Waals surface area (Å²) < 4.78 is 4.24. The molecule has 2 amide bonds. The molecule has 7 aromatic rings. The molecule has 0 fully saturated rings. The fourth-order valence-corrected chi connectivity index (χ4v) is 6.06. The van der Waals surface area contributed by atoms with Crippen molar-refractivity contribution in [3.05, 3.63) is 120 Å². The Labute approximate surface area is 211 Å². The molecule has 0 spiro atoms. The fourth-order valence-electron chi connectivity index (χ4n) is 6.06. The van der Waals surface area contributed by atoms with Gasteiger partial charge in [-0.3, -0.25) is 14.9 Å². The van der Waals surface area contributed by atoms with Crippen molar-refractivity contribution in [1.29, 1.82) is 0 Å². The maximum absolute atomic E-state index is 13.5. The monoisotopic (exact) mass is 477 g/mol. The third-order valence-corrected chi connectivity index (χ3v) is 7.43. The van der Waals surface area contributed by atoms with E-state index in [1.807, 2.05) is 84.9 Å². The number of para-hydroxylation sites is 4. The van der Waals surface area contributed by atoms with E-state index in [4.69, 9.17) is 0 Å². The van der Waals surface area contributed by atoms with Crippen molar-refractivity contribution < 1.29 is 9.59 Å². The summed E-state index contributed by atoms with van der Waals surface area (Å²) in [4.78, 5) is 27.0. The molecule has 0 radical (unpaired) electrons. The number of carbonyl (C=O) groups is 2. The van der Waals surface area contributed by atoms with Gasteiger partial charge in [0, 0.05) is 32.9 Å². The number of rotatable bonds is 2. The van der Waals surface area contributed by atoms with Crippen LogP contribution in [0.3, 0.4) is 0 Å². The van der Waals surface area contributed by atoms with Gasteiger partial charge in [-0.15, -0.1) is 0 Å². The van der Waals surface area contributed by atoms with Crippen LogP contribution in [0.2, 0.25) is 0 Å². The Morgan fingerprint density at radius 3 is 1.27 bits per heavy atom. The lowest BCUT2D eigenvalue weighted by atomic mass is 9.98. The second kappa shape index (κ2) is 7.18. The summed E-state index contributed by atoms with van der Waals surface area (Å²) in [5, 5.41) is 6.64. The summed E-state index contributed by atoms with van der Waals surface area (Å²) in [6.07, 6.45) is 0. The molecule has 0 unspecified atom stereocenters. The molecule has 174 valence electrons. The van der Waals surface area contributed by atoms with E-state index in [1.54, 1.807) is 0 Å². The van der Waals surface area contributed by atoms with Crippen molar-refractivity contribution in [2.24, 2.45) is 0 Å². The summed E-state index contributed by atoms with van der Waals surface area (Å²) in [7, 11) is 0. The summed E-state index contributed by atoms with van der Waals surface area (Å²) in [5.74, 6) is -0.728. The molecular weight excluding hydrogens is 458 g/mol. The maximum Gasteiger partial charge on any atom is 0.261 e. The number of carbonyl (C=O) groups excluding carboxylic acids is 2. The van der Waals surface area contributed by atoms with Gasteiger partial charge in [0.25, 0.3) is 11.8 Å². The van der Waals surface area contributed by atoms with Crippen LogP contribution in [0.15, 0.2) is 109 Å². The highest BCUT2D eigenvalue weighted by Crippen LogP contribution is 2.46. The van der Waals surface area contributed by atoms with Gasteiger partial charge in [-0.05, 0) is 36.4 Å². The minimum absolute atomic E-state index is 0.364. The minimum atomic E-state index is -0.364. The summed E-state index contributed by atoms with van der Waals surface area (Å²) in [5.41, 5.74) is 6.22. The van der Waals surface area contributed by atoms with Gasteiger partial charge in [-0.2, -0.15) is 0 Å². The molecule has 0 atom stereocenters. The topological polar surface area (TPSA) is 56.0 Å². The van der Waals surface area contributed by atoms with Crippen molar-refractivity contribution in [1.82, 2.24) is 14.5 Å². The predicted molar refractivity (Wildman–Crippen MR) is 147 cm³/mol. The van der Waals surface area contributed by atoms with E-state index in [2.05, 4.69) is 38.7 Å². The van der Waals surface area contributed by atoms with Crippen LogP contribution in [0.5, 0.6) is 0 Å².